The normalized spacial score (nSPS) is 10.6. The molecule has 0 aliphatic rings. The summed E-state index contributed by atoms with van der Waals surface area (Å²) in [4.78, 5) is 30.5. The molecular formula is C15H14N4O3. The van der Waals surface area contributed by atoms with Crippen LogP contribution in [0.15, 0.2) is 41.3 Å². The van der Waals surface area contributed by atoms with Gasteiger partial charge in [0, 0.05) is 18.7 Å². The number of aryl methyl sites for hydroxylation is 1. The van der Waals surface area contributed by atoms with Crippen LogP contribution in [-0.2, 0) is 7.05 Å². The van der Waals surface area contributed by atoms with Gasteiger partial charge in [-0.2, -0.15) is 0 Å². The van der Waals surface area contributed by atoms with E-state index in [0.717, 1.165) is 5.52 Å². The van der Waals surface area contributed by atoms with E-state index in [2.05, 4.69) is 15.3 Å². The molecule has 0 saturated carbocycles. The fourth-order valence-corrected chi connectivity index (χ4v) is 2.16. The number of amides is 1. The van der Waals surface area contributed by atoms with E-state index in [1.54, 1.807) is 37.4 Å². The van der Waals surface area contributed by atoms with Crippen LogP contribution in [0.25, 0.3) is 11.0 Å². The number of carbonyl (C=O) groups excluding carboxylic acids is 1. The van der Waals surface area contributed by atoms with E-state index in [1.807, 2.05) is 0 Å². The summed E-state index contributed by atoms with van der Waals surface area (Å²) in [6.07, 6.45) is 1.51. The number of methoxy groups -OCH3 is 1. The van der Waals surface area contributed by atoms with Crippen LogP contribution in [0.5, 0.6) is 5.88 Å². The maximum absolute atomic E-state index is 12.2. The number of nitrogens with one attached hydrogen (secondary N) is 2. The summed E-state index contributed by atoms with van der Waals surface area (Å²) in [5, 5.41) is 2.74. The summed E-state index contributed by atoms with van der Waals surface area (Å²) >= 11 is 0. The van der Waals surface area contributed by atoms with E-state index in [4.69, 9.17) is 4.74 Å². The van der Waals surface area contributed by atoms with Crippen LogP contribution < -0.4 is 15.7 Å². The zero-order chi connectivity index (χ0) is 15.7. The number of pyridine rings is 1. The third kappa shape index (κ3) is 2.44. The Kier molecular flexibility index (Phi) is 3.38. The Balaban J connectivity index is 1.86. The first kappa shape index (κ1) is 13.9. The van der Waals surface area contributed by atoms with Crippen molar-refractivity contribution in [2.45, 2.75) is 0 Å². The van der Waals surface area contributed by atoms with Crippen LogP contribution in [0.2, 0.25) is 0 Å². The van der Waals surface area contributed by atoms with Crippen LogP contribution in [0.1, 0.15) is 10.4 Å². The number of anilines is 1. The number of hydrogen-bond donors (Lipinski definition) is 2. The fourth-order valence-electron chi connectivity index (χ4n) is 2.16. The Morgan fingerprint density at radius 2 is 2.14 bits per heavy atom. The van der Waals surface area contributed by atoms with Crippen molar-refractivity contribution in [3.63, 3.8) is 0 Å². The van der Waals surface area contributed by atoms with E-state index in [1.165, 1.54) is 17.9 Å². The summed E-state index contributed by atoms with van der Waals surface area (Å²) in [6.45, 7) is 0. The molecule has 112 valence electrons. The van der Waals surface area contributed by atoms with Crippen molar-refractivity contribution < 1.29 is 9.53 Å². The number of imidazole rings is 1. The Labute approximate surface area is 125 Å². The van der Waals surface area contributed by atoms with Gasteiger partial charge in [0.05, 0.1) is 30.0 Å². The van der Waals surface area contributed by atoms with Gasteiger partial charge in [-0.3, -0.25) is 9.36 Å². The molecule has 0 bridgehead atoms. The van der Waals surface area contributed by atoms with Crippen molar-refractivity contribution in [3.05, 3.63) is 52.6 Å². The Hall–Kier alpha value is -3.09. The molecule has 0 saturated heterocycles. The van der Waals surface area contributed by atoms with Crippen molar-refractivity contribution in [1.82, 2.24) is 14.5 Å². The fraction of sp³-hybridized carbons (Fsp3) is 0.133. The quantitative estimate of drug-likeness (QED) is 0.767. The first-order valence-electron chi connectivity index (χ1n) is 6.58. The number of aromatic amines is 1. The molecule has 3 aromatic rings. The van der Waals surface area contributed by atoms with Crippen molar-refractivity contribution in [2.24, 2.45) is 7.05 Å². The van der Waals surface area contributed by atoms with Gasteiger partial charge in [0.1, 0.15) is 0 Å². The molecule has 1 aromatic carbocycles. The van der Waals surface area contributed by atoms with Gasteiger partial charge in [-0.15, -0.1) is 0 Å². The van der Waals surface area contributed by atoms with Gasteiger partial charge < -0.3 is 15.0 Å². The van der Waals surface area contributed by atoms with Crippen molar-refractivity contribution in [1.29, 1.82) is 0 Å². The van der Waals surface area contributed by atoms with Gasteiger partial charge in [-0.1, -0.05) is 0 Å². The summed E-state index contributed by atoms with van der Waals surface area (Å²) < 4.78 is 6.45. The highest BCUT2D eigenvalue weighted by Crippen LogP contribution is 2.15. The molecule has 2 N–H and O–H groups in total. The summed E-state index contributed by atoms with van der Waals surface area (Å²) in [6, 6.07) is 8.40. The minimum Gasteiger partial charge on any atom is -0.481 e. The first-order chi connectivity index (χ1) is 10.6. The number of H-pyrrole nitrogens is 1. The molecule has 0 spiro atoms. The number of rotatable bonds is 3. The zero-order valence-corrected chi connectivity index (χ0v) is 12.1. The number of nitrogens with zero attached hydrogens (tertiary/aromatic N) is 2. The standard InChI is InChI=1S/C15H14N4O3/c1-19-12-5-3-9(7-11(12)18-15(19)21)14(20)17-10-4-6-13(22-2)16-8-10/h3-8H,1-2H3,(H,17,20)(H,18,21). The number of carbonyl (C=O) groups is 1. The molecule has 2 heterocycles. The SMILES string of the molecule is COc1ccc(NC(=O)c2ccc3c(c2)[nH]c(=O)n3C)cn1. The number of fused-ring (bicyclic) bond motifs is 1. The van der Waals surface area contributed by atoms with Crippen LogP contribution in [0.4, 0.5) is 5.69 Å². The lowest BCUT2D eigenvalue weighted by Crippen LogP contribution is -2.12. The van der Waals surface area contributed by atoms with Crippen molar-refractivity contribution in [3.8, 4) is 5.88 Å². The molecule has 1 amide bonds. The van der Waals surface area contributed by atoms with Crippen LogP contribution in [-0.4, -0.2) is 27.6 Å². The van der Waals surface area contributed by atoms with E-state index >= 15 is 0 Å². The monoisotopic (exact) mass is 298 g/mol. The molecule has 0 fully saturated rings. The van der Waals surface area contributed by atoms with E-state index < -0.39 is 0 Å². The molecule has 0 unspecified atom stereocenters. The van der Waals surface area contributed by atoms with Crippen molar-refractivity contribution in [2.75, 3.05) is 12.4 Å². The highest BCUT2D eigenvalue weighted by Gasteiger charge is 2.10. The third-order valence-electron chi connectivity index (χ3n) is 3.37. The molecule has 22 heavy (non-hydrogen) atoms. The number of ether oxygens (including phenoxy) is 1. The molecule has 0 aliphatic carbocycles. The van der Waals surface area contributed by atoms with Crippen LogP contribution in [0, 0.1) is 0 Å². The van der Waals surface area contributed by atoms with Gasteiger partial charge in [0.15, 0.2) is 0 Å². The lowest BCUT2D eigenvalue weighted by atomic mass is 10.2. The molecule has 0 radical (unpaired) electrons. The lowest BCUT2D eigenvalue weighted by molar-refractivity contribution is 0.102. The van der Waals surface area contributed by atoms with Gasteiger partial charge >= 0.3 is 5.69 Å². The second-order valence-electron chi connectivity index (χ2n) is 4.76. The van der Waals surface area contributed by atoms with Crippen molar-refractivity contribution >= 4 is 22.6 Å². The lowest BCUT2D eigenvalue weighted by Gasteiger charge is -2.06. The molecule has 7 heteroatoms. The van der Waals surface area contributed by atoms with E-state index in [0.29, 0.717) is 22.6 Å². The topological polar surface area (TPSA) is 89.0 Å². The maximum Gasteiger partial charge on any atom is 0.326 e. The molecular weight excluding hydrogens is 284 g/mol. The van der Waals surface area contributed by atoms with E-state index in [9.17, 15) is 9.59 Å². The van der Waals surface area contributed by atoms with Crippen LogP contribution in [0.3, 0.4) is 0 Å². The van der Waals surface area contributed by atoms with Gasteiger partial charge in [0.25, 0.3) is 5.91 Å². The Bertz CT molecular complexity index is 893. The van der Waals surface area contributed by atoms with Gasteiger partial charge in [0.2, 0.25) is 5.88 Å². The van der Waals surface area contributed by atoms with Crippen LogP contribution >= 0.6 is 0 Å². The average molecular weight is 298 g/mol. The molecule has 2 aromatic heterocycles. The van der Waals surface area contributed by atoms with Gasteiger partial charge in [-0.05, 0) is 24.3 Å². The summed E-state index contributed by atoms with van der Waals surface area (Å²) in [5.41, 5.74) is 2.16. The molecule has 0 aliphatic heterocycles. The molecule has 3 rings (SSSR count). The second-order valence-corrected chi connectivity index (χ2v) is 4.76. The highest BCUT2D eigenvalue weighted by atomic mass is 16.5. The van der Waals surface area contributed by atoms with Gasteiger partial charge in [-0.25, -0.2) is 9.78 Å². The Morgan fingerprint density at radius 1 is 1.32 bits per heavy atom. The summed E-state index contributed by atoms with van der Waals surface area (Å²) in [7, 11) is 3.19. The maximum atomic E-state index is 12.2. The predicted octanol–water partition coefficient (Wildman–Crippen LogP) is 1.52. The Morgan fingerprint density at radius 3 is 2.82 bits per heavy atom. The summed E-state index contributed by atoms with van der Waals surface area (Å²) in [5.74, 6) is 0.194. The second kappa shape index (κ2) is 5.36. The minimum atomic E-state index is -0.279. The zero-order valence-electron chi connectivity index (χ0n) is 12.1. The van der Waals surface area contributed by atoms with E-state index in [-0.39, 0.29) is 11.6 Å². The minimum absolute atomic E-state index is 0.216. The number of hydrogen-bond acceptors (Lipinski definition) is 4. The first-order valence-corrected chi connectivity index (χ1v) is 6.58. The smallest absolute Gasteiger partial charge is 0.326 e. The largest absolute Gasteiger partial charge is 0.481 e. The number of benzene rings is 1. The third-order valence-corrected chi connectivity index (χ3v) is 3.37. The highest BCUT2D eigenvalue weighted by molar-refractivity contribution is 6.05. The predicted molar refractivity (Wildman–Crippen MR) is 82.3 cm³/mol. The molecule has 0 atom stereocenters. The molecule has 7 nitrogen and oxygen atoms in total. The average Bonchev–Trinajstić information content (AvgIpc) is 2.82. The number of aromatic nitrogens is 3.